The fourth-order valence-electron chi connectivity index (χ4n) is 1.90. The Morgan fingerprint density at radius 2 is 1.88 bits per heavy atom. The van der Waals surface area contributed by atoms with Gasteiger partial charge in [0.2, 0.25) is 0 Å². The van der Waals surface area contributed by atoms with E-state index in [9.17, 15) is 0 Å². The Kier molecular flexibility index (Phi) is 2.78. The molecular weight excluding hydrogens is 194 g/mol. The van der Waals surface area contributed by atoms with E-state index in [0.717, 1.165) is 10.9 Å². The van der Waals surface area contributed by atoms with Crippen LogP contribution in [0.2, 0.25) is 0 Å². The molecular formula is C15H15N. The highest BCUT2D eigenvalue weighted by atomic mass is 14.7. The zero-order chi connectivity index (χ0) is 11.5. The first-order valence-corrected chi connectivity index (χ1v) is 5.30. The molecule has 0 fully saturated rings. The fourth-order valence-corrected chi connectivity index (χ4v) is 1.90. The molecule has 1 aromatic carbocycles. The molecule has 1 heterocycles. The van der Waals surface area contributed by atoms with Crippen molar-refractivity contribution in [3.05, 3.63) is 59.6 Å². The standard InChI is InChI=1S/C15H15N/c1-4-6-12-13-9-8-11(3)10-15(13)16-14(12)7-5-2/h4-10,16H,1-2H2,3H3/b12-6-,14-7+. The number of hydrogen-bond acceptors (Lipinski definition) is 0. The third-order valence-corrected chi connectivity index (χ3v) is 2.59. The van der Waals surface area contributed by atoms with Gasteiger partial charge in [0.1, 0.15) is 0 Å². The van der Waals surface area contributed by atoms with Crippen LogP contribution >= 0.6 is 0 Å². The quantitative estimate of drug-likeness (QED) is 0.781. The van der Waals surface area contributed by atoms with Crippen molar-refractivity contribution >= 4 is 23.1 Å². The predicted molar refractivity (Wildman–Crippen MR) is 71.6 cm³/mol. The summed E-state index contributed by atoms with van der Waals surface area (Å²) in [7, 11) is 0. The van der Waals surface area contributed by atoms with Crippen LogP contribution in [0.25, 0.3) is 23.1 Å². The SMILES string of the molecule is C=C/C=c1\c(=C/C=C)[nH]c2cc(C)ccc12. The second-order valence-corrected chi connectivity index (χ2v) is 3.81. The number of rotatable bonds is 2. The second-order valence-electron chi connectivity index (χ2n) is 3.81. The highest BCUT2D eigenvalue weighted by Crippen LogP contribution is 2.08. The lowest BCUT2D eigenvalue weighted by Crippen LogP contribution is -2.21. The minimum atomic E-state index is 1.08. The van der Waals surface area contributed by atoms with E-state index < -0.39 is 0 Å². The fraction of sp³-hybridized carbons (Fsp3) is 0.0667. The van der Waals surface area contributed by atoms with Gasteiger partial charge in [-0.1, -0.05) is 43.5 Å². The summed E-state index contributed by atoms with van der Waals surface area (Å²) in [6, 6.07) is 6.40. The summed E-state index contributed by atoms with van der Waals surface area (Å²) in [6.45, 7) is 9.57. The average molecular weight is 209 g/mol. The van der Waals surface area contributed by atoms with Crippen LogP contribution in [0.3, 0.4) is 0 Å². The number of benzene rings is 1. The molecule has 0 aliphatic carbocycles. The first-order chi connectivity index (χ1) is 7.76. The van der Waals surface area contributed by atoms with Crippen LogP contribution in [-0.2, 0) is 0 Å². The van der Waals surface area contributed by atoms with E-state index in [4.69, 9.17) is 0 Å². The molecule has 2 rings (SSSR count). The second kappa shape index (κ2) is 4.23. The van der Waals surface area contributed by atoms with Crippen LogP contribution in [0.4, 0.5) is 0 Å². The molecule has 0 saturated heterocycles. The average Bonchev–Trinajstić information content (AvgIpc) is 2.57. The van der Waals surface area contributed by atoms with Crippen molar-refractivity contribution in [2.45, 2.75) is 6.92 Å². The molecule has 0 spiro atoms. The van der Waals surface area contributed by atoms with E-state index in [0.29, 0.717) is 0 Å². The van der Waals surface area contributed by atoms with Crippen molar-refractivity contribution in [1.29, 1.82) is 0 Å². The molecule has 1 aromatic heterocycles. The number of aromatic nitrogens is 1. The lowest BCUT2D eigenvalue weighted by Gasteiger charge is -1.91. The van der Waals surface area contributed by atoms with Crippen molar-refractivity contribution in [2.75, 3.05) is 0 Å². The van der Waals surface area contributed by atoms with Gasteiger partial charge in [0.05, 0.1) is 0 Å². The maximum absolute atomic E-state index is 3.75. The van der Waals surface area contributed by atoms with E-state index in [1.165, 1.54) is 16.2 Å². The summed E-state index contributed by atoms with van der Waals surface area (Å²) in [5, 5.41) is 3.47. The third kappa shape index (κ3) is 1.72. The molecule has 0 amide bonds. The number of nitrogens with one attached hydrogen (secondary N) is 1. The van der Waals surface area contributed by atoms with Gasteiger partial charge in [-0.2, -0.15) is 0 Å². The topological polar surface area (TPSA) is 15.8 Å². The Bertz CT molecular complexity index is 657. The molecule has 0 bridgehead atoms. The van der Waals surface area contributed by atoms with Gasteiger partial charge in [-0.05, 0) is 24.6 Å². The van der Waals surface area contributed by atoms with Crippen molar-refractivity contribution in [3.63, 3.8) is 0 Å². The van der Waals surface area contributed by atoms with Crippen LogP contribution in [0.1, 0.15) is 5.56 Å². The summed E-state index contributed by atoms with van der Waals surface area (Å²) >= 11 is 0. The van der Waals surface area contributed by atoms with Crippen LogP contribution in [0, 0.1) is 6.92 Å². The molecule has 0 aliphatic heterocycles. The van der Waals surface area contributed by atoms with E-state index in [1.54, 1.807) is 6.08 Å². The first-order valence-electron chi connectivity index (χ1n) is 5.30. The summed E-state index contributed by atoms with van der Waals surface area (Å²) in [5.41, 5.74) is 2.41. The Morgan fingerprint density at radius 1 is 1.12 bits per heavy atom. The van der Waals surface area contributed by atoms with Crippen molar-refractivity contribution < 1.29 is 0 Å². The van der Waals surface area contributed by atoms with E-state index in [2.05, 4.69) is 43.3 Å². The van der Waals surface area contributed by atoms with Crippen LogP contribution < -0.4 is 10.6 Å². The first kappa shape index (κ1) is 10.5. The third-order valence-electron chi connectivity index (χ3n) is 2.59. The van der Waals surface area contributed by atoms with Gasteiger partial charge >= 0.3 is 0 Å². The maximum atomic E-state index is 3.75. The number of H-pyrrole nitrogens is 1. The maximum Gasteiger partial charge on any atom is 0.0467 e. The Balaban J connectivity index is 2.98. The summed E-state index contributed by atoms with van der Waals surface area (Å²) in [4.78, 5) is 3.38. The number of aromatic amines is 1. The lowest BCUT2D eigenvalue weighted by atomic mass is 10.1. The van der Waals surface area contributed by atoms with Gasteiger partial charge < -0.3 is 4.98 Å². The Hall–Kier alpha value is -2.02. The molecule has 80 valence electrons. The molecule has 0 atom stereocenters. The summed E-state index contributed by atoms with van der Waals surface area (Å²) < 4.78 is 0. The minimum absolute atomic E-state index is 1.08. The summed E-state index contributed by atoms with van der Waals surface area (Å²) in [6.07, 6.45) is 7.59. The number of aryl methyl sites for hydroxylation is 1. The highest BCUT2D eigenvalue weighted by Gasteiger charge is 1.98. The number of fused-ring (bicyclic) bond motifs is 1. The van der Waals surface area contributed by atoms with Gasteiger partial charge in [-0.3, -0.25) is 0 Å². The van der Waals surface area contributed by atoms with Crippen molar-refractivity contribution in [1.82, 2.24) is 4.98 Å². The number of allylic oxidation sites excluding steroid dienone is 2. The van der Waals surface area contributed by atoms with Crippen LogP contribution in [0.15, 0.2) is 43.5 Å². The van der Waals surface area contributed by atoms with Gasteiger partial charge in [-0.15, -0.1) is 0 Å². The van der Waals surface area contributed by atoms with Crippen LogP contribution in [0.5, 0.6) is 0 Å². The van der Waals surface area contributed by atoms with Gasteiger partial charge in [0.15, 0.2) is 0 Å². The lowest BCUT2D eigenvalue weighted by molar-refractivity contribution is 1.35. The smallest absolute Gasteiger partial charge is 0.0467 e. The zero-order valence-electron chi connectivity index (χ0n) is 9.46. The number of hydrogen-bond donors (Lipinski definition) is 1. The Labute approximate surface area is 95.1 Å². The molecule has 0 unspecified atom stereocenters. The largest absolute Gasteiger partial charge is 0.355 e. The summed E-state index contributed by atoms with van der Waals surface area (Å²) in [5.74, 6) is 0. The van der Waals surface area contributed by atoms with Crippen molar-refractivity contribution in [2.24, 2.45) is 0 Å². The normalized spacial score (nSPS) is 13.3. The van der Waals surface area contributed by atoms with Crippen LogP contribution in [-0.4, -0.2) is 4.98 Å². The van der Waals surface area contributed by atoms with Gasteiger partial charge in [0.25, 0.3) is 0 Å². The molecule has 0 saturated carbocycles. The molecule has 16 heavy (non-hydrogen) atoms. The molecule has 1 nitrogen and oxygen atoms in total. The molecule has 0 aliphatic rings. The molecule has 1 heteroatoms. The monoisotopic (exact) mass is 209 g/mol. The van der Waals surface area contributed by atoms with Crippen molar-refractivity contribution in [3.8, 4) is 0 Å². The van der Waals surface area contributed by atoms with Gasteiger partial charge in [0, 0.05) is 21.5 Å². The zero-order valence-corrected chi connectivity index (χ0v) is 9.46. The van der Waals surface area contributed by atoms with E-state index in [1.807, 2.05) is 18.2 Å². The van der Waals surface area contributed by atoms with E-state index in [-0.39, 0.29) is 0 Å². The minimum Gasteiger partial charge on any atom is -0.355 e. The molecule has 1 N–H and O–H groups in total. The Morgan fingerprint density at radius 3 is 2.56 bits per heavy atom. The molecule has 0 radical (unpaired) electrons. The molecule has 2 aromatic rings. The van der Waals surface area contributed by atoms with E-state index >= 15 is 0 Å². The van der Waals surface area contributed by atoms with Gasteiger partial charge in [-0.25, -0.2) is 0 Å². The predicted octanol–water partition coefficient (Wildman–Crippen LogP) is 2.41. The highest BCUT2D eigenvalue weighted by molar-refractivity contribution is 5.82.